The molecule has 0 spiro atoms. The predicted octanol–water partition coefficient (Wildman–Crippen LogP) is 1.95. The molecule has 17 heavy (non-hydrogen) atoms. The molecule has 1 rings (SSSR count). The zero-order valence-electron chi connectivity index (χ0n) is 10.9. The third kappa shape index (κ3) is 5.73. The number of hydrogen-bond donors (Lipinski definition) is 3. The van der Waals surface area contributed by atoms with E-state index in [1.165, 1.54) is 5.57 Å². The number of amides is 2. The first-order valence-electron chi connectivity index (χ1n) is 6.39. The van der Waals surface area contributed by atoms with Crippen LogP contribution in [-0.2, 0) is 0 Å². The van der Waals surface area contributed by atoms with Gasteiger partial charge in [-0.3, -0.25) is 0 Å². The molecule has 0 saturated heterocycles. The van der Waals surface area contributed by atoms with Crippen molar-refractivity contribution in [1.29, 1.82) is 0 Å². The van der Waals surface area contributed by atoms with E-state index >= 15 is 0 Å². The molecule has 4 nitrogen and oxygen atoms in total. The van der Waals surface area contributed by atoms with Crippen LogP contribution in [0.2, 0.25) is 0 Å². The molecule has 0 aliphatic heterocycles. The smallest absolute Gasteiger partial charge is 0.314 e. The summed E-state index contributed by atoms with van der Waals surface area (Å²) >= 11 is 0. The van der Waals surface area contributed by atoms with Crippen LogP contribution in [0, 0.1) is 0 Å². The minimum absolute atomic E-state index is 0.143. The first-order chi connectivity index (χ1) is 8.02. The van der Waals surface area contributed by atoms with Gasteiger partial charge in [0.15, 0.2) is 0 Å². The largest absolute Gasteiger partial charge is 0.390 e. The monoisotopic (exact) mass is 240 g/mol. The Bertz CT molecular complexity index is 279. The van der Waals surface area contributed by atoms with Crippen LogP contribution in [0.5, 0.6) is 0 Å². The molecule has 1 aliphatic carbocycles. The van der Waals surface area contributed by atoms with Crippen LogP contribution < -0.4 is 10.6 Å². The first kappa shape index (κ1) is 14.0. The van der Waals surface area contributed by atoms with Gasteiger partial charge in [-0.2, -0.15) is 0 Å². The lowest BCUT2D eigenvalue weighted by Gasteiger charge is -2.36. The van der Waals surface area contributed by atoms with Gasteiger partial charge in [0.25, 0.3) is 0 Å². The highest BCUT2D eigenvalue weighted by Crippen LogP contribution is 2.33. The Morgan fingerprint density at radius 3 is 2.47 bits per heavy atom. The molecule has 1 saturated carbocycles. The Labute approximate surface area is 103 Å². The van der Waals surface area contributed by atoms with Gasteiger partial charge in [-0.15, -0.1) is 0 Å². The Hall–Kier alpha value is -1.03. The van der Waals surface area contributed by atoms with Crippen molar-refractivity contribution in [3.8, 4) is 0 Å². The van der Waals surface area contributed by atoms with Crippen molar-refractivity contribution in [2.45, 2.75) is 51.6 Å². The Kier molecular flexibility index (Phi) is 5.48. The number of hydrogen-bond acceptors (Lipinski definition) is 2. The van der Waals surface area contributed by atoms with Crippen molar-refractivity contribution in [3.63, 3.8) is 0 Å². The quantitative estimate of drug-likeness (QED) is 0.491. The van der Waals surface area contributed by atoms with Gasteiger partial charge in [0.1, 0.15) is 0 Å². The molecule has 2 amide bonds. The number of carbonyl (C=O) groups excluding carboxylic acids is 1. The second kappa shape index (κ2) is 6.64. The van der Waals surface area contributed by atoms with Crippen molar-refractivity contribution in [1.82, 2.24) is 10.6 Å². The van der Waals surface area contributed by atoms with Crippen molar-refractivity contribution < 1.29 is 9.90 Å². The van der Waals surface area contributed by atoms with Gasteiger partial charge in [0.05, 0.1) is 5.60 Å². The molecule has 0 unspecified atom stereocenters. The molecule has 0 radical (unpaired) electrons. The molecular weight excluding hydrogens is 216 g/mol. The summed E-state index contributed by atoms with van der Waals surface area (Å²) in [6, 6.07) is -0.143. The molecule has 1 fully saturated rings. The molecule has 3 N–H and O–H groups in total. The molecule has 0 aromatic rings. The van der Waals surface area contributed by atoms with Gasteiger partial charge in [-0.25, -0.2) is 4.79 Å². The lowest BCUT2D eigenvalue weighted by atomic mass is 9.78. The first-order valence-corrected chi connectivity index (χ1v) is 6.39. The number of rotatable bonds is 6. The van der Waals surface area contributed by atoms with E-state index in [-0.39, 0.29) is 6.03 Å². The fourth-order valence-corrected chi connectivity index (χ4v) is 1.85. The van der Waals surface area contributed by atoms with E-state index in [9.17, 15) is 9.90 Å². The maximum absolute atomic E-state index is 11.4. The van der Waals surface area contributed by atoms with Gasteiger partial charge in [0.2, 0.25) is 0 Å². The van der Waals surface area contributed by atoms with E-state index in [4.69, 9.17) is 0 Å². The van der Waals surface area contributed by atoms with E-state index in [0.717, 1.165) is 25.7 Å². The lowest BCUT2D eigenvalue weighted by molar-refractivity contribution is -0.0388. The highest BCUT2D eigenvalue weighted by Gasteiger charge is 2.33. The number of allylic oxidation sites excluding steroid dienone is 1. The maximum atomic E-state index is 11.4. The summed E-state index contributed by atoms with van der Waals surface area (Å²) < 4.78 is 0. The standard InChI is InChI=1S/C13H24N2O2/c1-11(2)5-3-9-14-12(16)15-10-8-13(17)6-4-7-13/h5,17H,3-4,6-10H2,1-2H3,(H2,14,15,16). The van der Waals surface area contributed by atoms with Gasteiger partial charge in [0, 0.05) is 13.1 Å². The Morgan fingerprint density at radius 1 is 1.29 bits per heavy atom. The normalized spacial score (nSPS) is 16.9. The fourth-order valence-electron chi connectivity index (χ4n) is 1.85. The van der Waals surface area contributed by atoms with Crippen LogP contribution in [0.4, 0.5) is 4.79 Å². The summed E-state index contributed by atoms with van der Waals surface area (Å²) in [6.07, 6.45) is 6.46. The van der Waals surface area contributed by atoms with E-state index in [0.29, 0.717) is 19.5 Å². The van der Waals surface area contributed by atoms with Crippen LogP contribution >= 0.6 is 0 Å². The summed E-state index contributed by atoms with van der Waals surface area (Å²) in [7, 11) is 0. The summed E-state index contributed by atoms with van der Waals surface area (Å²) in [4.78, 5) is 11.4. The summed E-state index contributed by atoms with van der Waals surface area (Å²) in [5.41, 5.74) is 0.759. The second-order valence-electron chi connectivity index (χ2n) is 5.08. The third-order valence-corrected chi connectivity index (χ3v) is 3.14. The Balaban J connectivity index is 1.99. The van der Waals surface area contributed by atoms with Gasteiger partial charge in [-0.1, -0.05) is 11.6 Å². The summed E-state index contributed by atoms with van der Waals surface area (Å²) in [5, 5.41) is 15.4. The molecule has 0 bridgehead atoms. The zero-order chi connectivity index (χ0) is 12.7. The van der Waals surface area contributed by atoms with Gasteiger partial charge >= 0.3 is 6.03 Å². The van der Waals surface area contributed by atoms with Crippen molar-refractivity contribution >= 4 is 6.03 Å². The maximum Gasteiger partial charge on any atom is 0.314 e. The highest BCUT2D eigenvalue weighted by molar-refractivity contribution is 5.73. The number of nitrogens with one attached hydrogen (secondary N) is 2. The van der Waals surface area contributed by atoms with Crippen LogP contribution in [0.3, 0.4) is 0 Å². The highest BCUT2D eigenvalue weighted by atomic mass is 16.3. The average molecular weight is 240 g/mol. The van der Waals surface area contributed by atoms with Gasteiger partial charge in [-0.05, 0) is 46.0 Å². The SMILES string of the molecule is CC(C)=CCCNC(=O)NCCC1(O)CCC1. The number of carbonyl (C=O) groups is 1. The average Bonchev–Trinajstić information content (AvgIpc) is 2.22. The molecule has 0 atom stereocenters. The molecule has 0 aromatic heterocycles. The summed E-state index contributed by atoms with van der Waals surface area (Å²) in [5.74, 6) is 0. The topological polar surface area (TPSA) is 61.4 Å². The van der Waals surface area contributed by atoms with Crippen molar-refractivity contribution in [3.05, 3.63) is 11.6 Å². The van der Waals surface area contributed by atoms with E-state index < -0.39 is 5.60 Å². The van der Waals surface area contributed by atoms with Crippen LogP contribution in [0.1, 0.15) is 46.0 Å². The Morgan fingerprint density at radius 2 is 1.94 bits per heavy atom. The van der Waals surface area contributed by atoms with Crippen LogP contribution in [-0.4, -0.2) is 29.8 Å². The fraction of sp³-hybridized carbons (Fsp3) is 0.769. The van der Waals surface area contributed by atoms with Gasteiger partial charge < -0.3 is 15.7 Å². The molecule has 0 aromatic carbocycles. The minimum atomic E-state index is -0.505. The number of aliphatic hydroxyl groups is 1. The minimum Gasteiger partial charge on any atom is -0.390 e. The van der Waals surface area contributed by atoms with E-state index in [2.05, 4.69) is 16.7 Å². The number of urea groups is 1. The van der Waals surface area contributed by atoms with Crippen molar-refractivity contribution in [2.75, 3.05) is 13.1 Å². The molecular formula is C13H24N2O2. The zero-order valence-corrected chi connectivity index (χ0v) is 10.9. The summed E-state index contributed by atoms with van der Waals surface area (Å²) in [6.45, 7) is 5.28. The van der Waals surface area contributed by atoms with E-state index in [1.54, 1.807) is 0 Å². The van der Waals surface area contributed by atoms with Crippen LogP contribution in [0.15, 0.2) is 11.6 Å². The molecule has 1 aliphatic rings. The van der Waals surface area contributed by atoms with Crippen molar-refractivity contribution in [2.24, 2.45) is 0 Å². The third-order valence-electron chi connectivity index (χ3n) is 3.14. The van der Waals surface area contributed by atoms with Crippen LogP contribution in [0.25, 0.3) is 0 Å². The second-order valence-corrected chi connectivity index (χ2v) is 5.08. The van der Waals surface area contributed by atoms with E-state index in [1.807, 2.05) is 13.8 Å². The predicted molar refractivity (Wildman–Crippen MR) is 68.9 cm³/mol. The lowest BCUT2D eigenvalue weighted by Crippen LogP contribution is -2.43. The molecule has 4 heteroatoms. The molecule has 98 valence electrons. The molecule has 0 heterocycles.